The molecule has 0 aliphatic rings. The highest BCUT2D eigenvalue weighted by Crippen LogP contribution is 2.27. The van der Waals surface area contributed by atoms with E-state index in [0.29, 0.717) is 15.8 Å². The molecule has 0 spiro atoms. The van der Waals surface area contributed by atoms with Crippen LogP contribution in [0.2, 0.25) is 10.0 Å². The Balaban J connectivity index is 1.90. The second-order valence-corrected chi connectivity index (χ2v) is 6.56. The monoisotopic (exact) mass is 404 g/mol. The summed E-state index contributed by atoms with van der Waals surface area (Å²) in [6.45, 7) is 0.0830. The van der Waals surface area contributed by atoms with E-state index in [2.05, 4.69) is 0 Å². The maximum absolute atomic E-state index is 12.1. The third-order valence-electron chi connectivity index (χ3n) is 3.53. The van der Waals surface area contributed by atoms with Crippen LogP contribution in [0.3, 0.4) is 0 Å². The maximum Gasteiger partial charge on any atom is 0.349 e. The zero-order valence-electron chi connectivity index (χ0n) is 14.9. The van der Waals surface area contributed by atoms with E-state index in [9.17, 15) is 10.1 Å². The fourth-order valence-electron chi connectivity index (χ4n) is 2.13. The molecule has 2 rings (SSSR count). The summed E-state index contributed by atoms with van der Waals surface area (Å²) in [6, 6.07) is 14.1. The number of hydrogen-bond acceptors (Lipinski definition) is 5. The van der Waals surface area contributed by atoms with Gasteiger partial charge in [-0.25, -0.2) is 4.79 Å². The van der Waals surface area contributed by atoms with Crippen LogP contribution in [0.25, 0.3) is 6.08 Å². The molecule has 0 saturated carbocycles. The van der Waals surface area contributed by atoms with E-state index in [1.54, 1.807) is 18.2 Å². The van der Waals surface area contributed by atoms with Crippen molar-refractivity contribution in [3.05, 3.63) is 63.6 Å². The normalized spacial score (nSPS) is 10.9. The van der Waals surface area contributed by atoms with Gasteiger partial charge in [-0.15, -0.1) is 0 Å². The molecule has 0 amide bonds. The minimum Gasteiger partial charge on any atom is -0.488 e. The largest absolute Gasteiger partial charge is 0.488 e. The van der Waals surface area contributed by atoms with Crippen LogP contribution in [-0.4, -0.2) is 33.3 Å². The Hall–Kier alpha value is -2.68. The molecule has 0 saturated heterocycles. The molecule has 0 N–H and O–H groups in total. The number of rotatable bonds is 7. The second-order valence-electron chi connectivity index (χ2n) is 5.71. The van der Waals surface area contributed by atoms with Crippen LogP contribution < -0.4 is 9.64 Å². The number of nitrogens with zero attached hydrogens (tertiary/aromatic N) is 2. The molecule has 2 aromatic carbocycles. The Morgan fingerprint density at radius 2 is 1.85 bits per heavy atom. The van der Waals surface area contributed by atoms with Crippen LogP contribution in [-0.2, 0) is 9.53 Å². The molecule has 0 bridgehead atoms. The SMILES string of the molecule is CN(C)c1ccc(/C=C(\C#N)C(=O)OCCOc2ccc(Cl)cc2Cl)cc1. The van der Waals surface area contributed by atoms with Crippen molar-refractivity contribution in [1.82, 2.24) is 0 Å². The first-order valence-corrected chi connectivity index (χ1v) is 8.80. The van der Waals surface area contributed by atoms with Gasteiger partial charge < -0.3 is 14.4 Å². The average molecular weight is 405 g/mol. The number of benzene rings is 2. The Labute approximate surface area is 168 Å². The predicted octanol–water partition coefficient (Wildman–Crippen LogP) is 4.59. The number of anilines is 1. The van der Waals surface area contributed by atoms with Gasteiger partial charge in [0.05, 0.1) is 5.02 Å². The lowest BCUT2D eigenvalue weighted by Gasteiger charge is -2.12. The first-order chi connectivity index (χ1) is 12.9. The second kappa shape index (κ2) is 9.86. The molecule has 0 heterocycles. The quantitative estimate of drug-likeness (QED) is 0.292. The molecule has 5 nitrogen and oxygen atoms in total. The molecule has 7 heteroatoms. The van der Waals surface area contributed by atoms with Crippen molar-refractivity contribution >= 4 is 40.9 Å². The Kier molecular flexibility index (Phi) is 7.54. The van der Waals surface area contributed by atoms with Gasteiger partial charge in [0.2, 0.25) is 0 Å². The molecule has 27 heavy (non-hydrogen) atoms. The van der Waals surface area contributed by atoms with Crippen LogP contribution in [0, 0.1) is 11.3 Å². The minimum atomic E-state index is -0.708. The third-order valence-corrected chi connectivity index (χ3v) is 4.06. The minimum absolute atomic E-state index is 0.0175. The summed E-state index contributed by atoms with van der Waals surface area (Å²) in [5, 5.41) is 10.1. The first-order valence-electron chi connectivity index (χ1n) is 8.05. The van der Waals surface area contributed by atoms with Crippen molar-refractivity contribution in [3.8, 4) is 11.8 Å². The zero-order valence-corrected chi connectivity index (χ0v) is 16.4. The molecule has 0 radical (unpaired) electrons. The summed E-state index contributed by atoms with van der Waals surface area (Å²) in [4.78, 5) is 14.0. The molecule has 0 unspecified atom stereocenters. The fourth-order valence-corrected chi connectivity index (χ4v) is 2.59. The molecule has 0 fully saturated rings. The number of ether oxygens (including phenoxy) is 2. The number of carbonyl (C=O) groups excluding carboxylic acids is 1. The smallest absolute Gasteiger partial charge is 0.349 e. The van der Waals surface area contributed by atoms with Crippen molar-refractivity contribution < 1.29 is 14.3 Å². The van der Waals surface area contributed by atoms with Crippen LogP contribution in [0.1, 0.15) is 5.56 Å². The number of carbonyl (C=O) groups is 1. The van der Waals surface area contributed by atoms with E-state index in [1.165, 1.54) is 6.08 Å². The van der Waals surface area contributed by atoms with E-state index in [0.717, 1.165) is 11.3 Å². The van der Waals surface area contributed by atoms with Gasteiger partial charge in [0.25, 0.3) is 0 Å². The molecular formula is C20H18Cl2N2O3. The van der Waals surface area contributed by atoms with E-state index in [4.69, 9.17) is 32.7 Å². The van der Waals surface area contributed by atoms with Crippen molar-refractivity contribution in [3.63, 3.8) is 0 Å². The Bertz CT molecular complexity index is 872. The van der Waals surface area contributed by atoms with Crippen molar-refractivity contribution in [2.24, 2.45) is 0 Å². The molecule has 0 aromatic heterocycles. The summed E-state index contributed by atoms with van der Waals surface area (Å²) in [6.07, 6.45) is 1.48. The number of nitriles is 1. The van der Waals surface area contributed by atoms with E-state index >= 15 is 0 Å². The average Bonchev–Trinajstić information content (AvgIpc) is 2.64. The zero-order chi connectivity index (χ0) is 19.8. The first kappa shape index (κ1) is 20.6. The van der Waals surface area contributed by atoms with Crippen molar-refractivity contribution in [2.45, 2.75) is 0 Å². The lowest BCUT2D eigenvalue weighted by Crippen LogP contribution is -2.13. The highest BCUT2D eigenvalue weighted by molar-refractivity contribution is 6.35. The van der Waals surface area contributed by atoms with Crippen LogP contribution in [0.15, 0.2) is 48.0 Å². The number of hydrogen-bond donors (Lipinski definition) is 0. The molecule has 140 valence electrons. The molecule has 0 aliphatic carbocycles. The van der Waals surface area contributed by atoms with E-state index < -0.39 is 5.97 Å². The number of esters is 1. The summed E-state index contributed by atoms with van der Waals surface area (Å²) in [7, 11) is 3.87. The van der Waals surface area contributed by atoms with Crippen molar-refractivity contribution in [2.75, 3.05) is 32.2 Å². The van der Waals surface area contributed by atoms with Gasteiger partial charge in [0, 0.05) is 24.8 Å². The highest BCUT2D eigenvalue weighted by Gasteiger charge is 2.11. The topological polar surface area (TPSA) is 62.6 Å². The lowest BCUT2D eigenvalue weighted by molar-refractivity contribution is -0.139. The van der Waals surface area contributed by atoms with Crippen LogP contribution in [0.4, 0.5) is 5.69 Å². The van der Waals surface area contributed by atoms with Crippen LogP contribution in [0.5, 0.6) is 5.75 Å². The maximum atomic E-state index is 12.1. The lowest BCUT2D eigenvalue weighted by atomic mass is 10.1. The Morgan fingerprint density at radius 3 is 2.44 bits per heavy atom. The number of halogens is 2. The summed E-state index contributed by atoms with van der Waals surface area (Å²) < 4.78 is 10.5. The fraction of sp³-hybridized carbons (Fsp3) is 0.200. The van der Waals surface area contributed by atoms with E-state index in [-0.39, 0.29) is 18.8 Å². The molecular weight excluding hydrogens is 387 g/mol. The standard InChI is InChI=1S/C20H18Cl2N2O3/c1-24(2)17-6-3-14(4-7-17)11-15(13-23)20(25)27-10-9-26-19-8-5-16(21)12-18(19)22/h3-8,11-12H,9-10H2,1-2H3/b15-11+. The van der Waals surface area contributed by atoms with Crippen molar-refractivity contribution in [1.29, 1.82) is 5.26 Å². The highest BCUT2D eigenvalue weighted by atomic mass is 35.5. The summed E-state index contributed by atoms with van der Waals surface area (Å²) in [5.74, 6) is -0.269. The Morgan fingerprint density at radius 1 is 1.15 bits per heavy atom. The van der Waals surface area contributed by atoms with Gasteiger partial charge in [-0.05, 0) is 42.0 Å². The van der Waals surface area contributed by atoms with E-state index in [1.807, 2.05) is 49.3 Å². The summed E-state index contributed by atoms with van der Waals surface area (Å²) in [5.41, 5.74) is 1.67. The molecule has 0 aliphatic heterocycles. The predicted molar refractivity (Wildman–Crippen MR) is 107 cm³/mol. The molecule has 0 atom stereocenters. The summed E-state index contributed by atoms with van der Waals surface area (Å²) >= 11 is 11.8. The van der Waals surface area contributed by atoms with Gasteiger partial charge >= 0.3 is 5.97 Å². The van der Waals surface area contributed by atoms with Gasteiger partial charge in [-0.1, -0.05) is 35.3 Å². The molecule has 2 aromatic rings. The third kappa shape index (κ3) is 6.21. The van der Waals surface area contributed by atoms with Crippen LogP contribution >= 0.6 is 23.2 Å². The van der Waals surface area contributed by atoms with Gasteiger partial charge in [0.1, 0.15) is 30.6 Å². The van der Waals surface area contributed by atoms with Gasteiger partial charge in [0.15, 0.2) is 0 Å². The van der Waals surface area contributed by atoms with Gasteiger partial charge in [-0.3, -0.25) is 0 Å². The van der Waals surface area contributed by atoms with Gasteiger partial charge in [-0.2, -0.15) is 5.26 Å².